The molecule has 1 aliphatic carbocycles. The molecule has 0 spiro atoms. The first-order chi connectivity index (χ1) is 11.3. The average Bonchev–Trinajstić information content (AvgIpc) is 3.18. The molecular formula is C17H30N4O3. The molecule has 2 rings (SSSR count). The highest BCUT2D eigenvalue weighted by atomic mass is 16.2. The highest BCUT2D eigenvalue weighted by molar-refractivity contribution is 5.94. The summed E-state index contributed by atoms with van der Waals surface area (Å²) in [6.07, 6.45) is 5.16. The summed E-state index contributed by atoms with van der Waals surface area (Å²) in [5.74, 6) is -0.699. The van der Waals surface area contributed by atoms with E-state index < -0.39 is 17.5 Å². The maximum absolute atomic E-state index is 12.7. The molecule has 0 unspecified atom stereocenters. The van der Waals surface area contributed by atoms with Crippen molar-refractivity contribution >= 4 is 17.7 Å². The van der Waals surface area contributed by atoms with Gasteiger partial charge in [-0.25, -0.2) is 0 Å². The number of rotatable bonds is 7. The summed E-state index contributed by atoms with van der Waals surface area (Å²) < 4.78 is 0. The molecule has 2 aliphatic rings. The monoisotopic (exact) mass is 338 g/mol. The maximum atomic E-state index is 12.7. The molecule has 24 heavy (non-hydrogen) atoms. The molecule has 136 valence electrons. The van der Waals surface area contributed by atoms with E-state index in [0.717, 1.165) is 32.2 Å². The minimum atomic E-state index is -0.956. The van der Waals surface area contributed by atoms with Crippen molar-refractivity contribution < 1.29 is 14.4 Å². The van der Waals surface area contributed by atoms with E-state index in [1.54, 1.807) is 0 Å². The number of hydrogen-bond acceptors (Lipinski definition) is 4. The minimum absolute atomic E-state index is 0.146. The van der Waals surface area contributed by atoms with Crippen LogP contribution in [-0.4, -0.2) is 41.9 Å². The maximum Gasteiger partial charge on any atom is 0.243 e. The highest BCUT2D eigenvalue weighted by Crippen LogP contribution is 2.29. The summed E-state index contributed by atoms with van der Waals surface area (Å²) in [6.45, 7) is 4.82. The van der Waals surface area contributed by atoms with Gasteiger partial charge in [-0.15, -0.1) is 0 Å². The molecule has 1 aliphatic heterocycles. The molecule has 0 bridgehead atoms. The van der Waals surface area contributed by atoms with Gasteiger partial charge in [0.1, 0.15) is 11.6 Å². The molecule has 0 radical (unpaired) electrons. The molecule has 2 fully saturated rings. The second kappa shape index (κ2) is 7.96. The largest absolute Gasteiger partial charge is 0.368 e. The Hall–Kier alpha value is -1.63. The summed E-state index contributed by atoms with van der Waals surface area (Å²) in [4.78, 5) is 36.9. The molecule has 0 aromatic carbocycles. The Labute approximate surface area is 143 Å². The Morgan fingerprint density at radius 3 is 2.38 bits per heavy atom. The third-order valence-electron chi connectivity index (χ3n) is 5.01. The molecule has 2 atom stereocenters. The lowest BCUT2D eigenvalue weighted by atomic mass is 9.94. The van der Waals surface area contributed by atoms with Gasteiger partial charge in [-0.3, -0.25) is 14.4 Å². The molecular weight excluding hydrogens is 308 g/mol. The van der Waals surface area contributed by atoms with Gasteiger partial charge in [0.15, 0.2) is 0 Å². The minimum Gasteiger partial charge on any atom is -0.368 e. The molecule has 5 N–H and O–H groups in total. The van der Waals surface area contributed by atoms with Crippen molar-refractivity contribution in [1.82, 2.24) is 16.0 Å². The van der Waals surface area contributed by atoms with Gasteiger partial charge in [0.25, 0.3) is 0 Å². The number of carbonyl (C=O) groups is 3. The van der Waals surface area contributed by atoms with E-state index >= 15 is 0 Å². The van der Waals surface area contributed by atoms with Crippen molar-refractivity contribution in [2.75, 3.05) is 6.54 Å². The fourth-order valence-corrected chi connectivity index (χ4v) is 3.62. The van der Waals surface area contributed by atoms with Crippen LogP contribution in [0.15, 0.2) is 0 Å². The number of primary amides is 1. The van der Waals surface area contributed by atoms with Gasteiger partial charge in [0, 0.05) is 0 Å². The predicted octanol–water partition coefficient (Wildman–Crippen LogP) is 0.184. The lowest BCUT2D eigenvalue weighted by molar-refractivity contribution is -0.134. The van der Waals surface area contributed by atoms with Crippen LogP contribution in [0, 0.1) is 5.92 Å². The van der Waals surface area contributed by atoms with Crippen molar-refractivity contribution in [2.45, 2.75) is 76.4 Å². The summed E-state index contributed by atoms with van der Waals surface area (Å²) >= 11 is 0. The Balaban J connectivity index is 2.04. The van der Waals surface area contributed by atoms with Gasteiger partial charge < -0.3 is 21.7 Å². The third-order valence-corrected chi connectivity index (χ3v) is 5.01. The second-order valence-corrected chi connectivity index (χ2v) is 7.48. The van der Waals surface area contributed by atoms with Gasteiger partial charge >= 0.3 is 0 Å². The smallest absolute Gasteiger partial charge is 0.243 e. The quantitative estimate of drug-likeness (QED) is 0.530. The van der Waals surface area contributed by atoms with Crippen LogP contribution in [-0.2, 0) is 14.4 Å². The highest BCUT2D eigenvalue weighted by Gasteiger charge is 2.42. The average molecular weight is 338 g/mol. The van der Waals surface area contributed by atoms with E-state index in [-0.39, 0.29) is 23.8 Å². The molecule has 0 aromatic rings. The molecule has 7 nitrogen and oxygen atoms in total. The molecule has 0 aromatic heterocycles. The predicted molar refractivity (Wildman–Crippen MR) is 90.9 cm³/mol. The number of nitrogens with two attached hydrogens (primary N) is 1. The first-order valence-corrected chi connectivity index (χ1v) is 9.00. The van der Waals surface area contributed by atoms with Crippen LogP contribution in [0.5, 0.6) is 0 Å². The summed E-state index contributed by atoms with van der Waals surface area (Å²) in [7, 11) is 0. The number of amides is 3. The van der Waals surface area contributed by atoms with Crippen LogP contribution in [0.25, 0.3) is 0 Å². The topological polar surface area (TPSA) is 113 Å². The van der Waals surface area contributed by atoms with E-state index in [1.807, 2.05) is 13.8 Å². The number of nitrogens with one attached hydrogen (secondary N) is 3. The standard InChI is InChI=1S/C17H30N4O3/c1-11(2)10-13(20-14(22)12-6-5-9-19-12)15(23)21-17(16(18)24)7-3-4-8-17/h11-13,19H,3-10H2,1-2H3,(H2,18,24)(H,20,22)(H,21,23)/t12-,13-/m0/s1. The Bertz CT molecular complexity index is 480. The lowest BCUT2D eigenvalue weighted by Crippen LogP contribution is -2.61. The van der Waals surface area contributed by atoms with E-state index in [2.05, 4.69) is 16.0 Å². The van der Waals surface area contributed by atoms with E-state index in [9.17, 15) is 14.4 Å². The van der Waals surface area contributed by atoms with Crippen molar-refractivity contribution in [3.05, 3.63) is 0 Å². The van der Waals surface area contributed by atoms with Crippen LogP contribution >= 0.6 is 0 Å². The van der Waals surface area contributed by atoms with Crippen molar-refractivity contribution in [1.29, 1.82) is 0 Å². The van der Waals surface area contributed by atoms with Gasteiger partial charge in [-0.2, -0.15) is 0 Å². The number of carbonyl (C=O) groups excluding carboxylic acids is 3. The molecule has 7 heteroatoms. The van der Waals surface area contributed by atoms with Crippen molar-refractivity contribution in [3.63, 3.8) is 0 Å². The molecule has 3 amide bonds. The normalized spacial score (nSPS) is 23.9. The van der Waals surface area contributed by atoms with Gasteiger partial charge in [-0.05, 0) is 44.6 Å². The Morgan fingerprint density at radius 1 is 1.21 bits per heavy atom. The summed E-state index contributed by atoms with van der Waals surface area (Å²) in [5, 5.41) is 8.83. The van der Waals surface area contributed by atoms with Crippen LogP contribution in [0.1, 0.15) is 58.8 Å². The van der Waals surface area contributed by atoms with Crippen molar-refractivity contribution in [3.8, 4) is 0 Å². The molecule has 1 saturated carbocycles. The van der Waals surface area contributed by atoms with Crippen LogP contribution < -0.4 is 21.7 Å². The van der Waals surface area contributed by atoms with Gasteiger partial charge in [0.05, 0.1) is 6.04 Å². The Kier molecular flexibility index (Phi) is 6.21. The van der Waals surface area contributed by atoms with Crippen LogP contribution in [0.3, 0.4) is 0 Å². The lowest BCUT2D eigenvalue weighted by Gasteiger charge is -2.30. The Morgan fingerprint density at radius 2 is 1.88 bits per heavy atom. The summed E-state index contributed by atoms with van der Waals surface area (Å²) in [6, 6.07) is -0.874. The zero-order valence-corrected chi connectivity index (χ0v) is 14.7. The first-order valence-electron chi connectivity index (χ1n) is 9.00. The third kappa shape index (κ3) is 4.47. The molecule has 1 saturated heterocycles. The zero-order valence-electron chi connectivity index (χ0n) is 14.7. The van der Waals surface area contributed by atoms with Gasteiger partial charge in [0.2, 0.25) is 17.7 Å². The van der Waals surface area contributed by atoms with E-state index in [1.165, 1.54) is 0 Å². The summed E-state index contributed by atoms with van der Waals surface area (Å²) in [5.41, 5.74) is 4.58. The number of hydrogen-bond donors (Lipinski definition) is 4. The van der Waals surface area contributed by atoms with Crippen molar-refractivity contribution in [2.24, 2.45) is 11.7 Å². The zero-order chi connectivity index (χ0) is 17.7. The van der Waals surface area contributed by atoms with E-state index in [4.69, 9.17) is 5.73 Å². The van der Waals surface area contributed by atoms with E-state index in [0.29, 0.717) is 19.3 Å². The van der Waals surface area contributed by atoms with Gasteiger partial charge in [-0.1, -0.05) is 26.7 Å². The fraction of sp³-hybridized carbons (Fsp3) is 0.824. The van der Waals surface area contributed by atoms with Crippen LogP contribution in [0.2, 0.25) is 0 Å². The van der Waals surface area contributed by atoms with Crippen LogP contribution in [0.4, 0.5) is 0 Å². The fourth-order valence-electron chi connectivity index (χ4n) is 3.62. The molecule has 1 heterocycles. The second-order valence-electron chi connectivity index (χ2n) is 7.48. The SMILES string of the molecule is CC(C)C[C@H](NC(=O)[C@@H]1CCCN1)C(=O)NC1(C(N)=O)CCCC1. The first kappa shape index (κ1) is 18.7.